The van der Waals surface area contributed by atoms with Crippen LogP contribution >= 0.6 is 0 Å². The highest BCUT2D eigenvalue weighted by Crippen LogP contribution is 2.32. The zero-order valence-corrected chi connectivity index (χ0v) is 11.1. The van der Waals surface area contributed by atoms with Crippen molar-refractivity contribution in [2.75, 3.05) is 31.4 Å². The maximum atomic E-state index is 9.04. The Kier molecular flexibility index (Phi) is 3.08. The van der Waals surface area contributed by atoms with Gasteiger partial charge < -0.3 is 15.2 Å². The average molecular weight is 260 g/mol. The summed E-state index contributed by atoms with van der Waals surface area (Å²) >= 11 is 0. The van der Waals surface area contributed by atoms with Gasteiger partial charge in [0.2, 0.25) is 0 Å². The summed E-state index contributed by atoms with van der Waals surface area (Å²) in [4.78, 5) is 2.35. The van der Waals surface area contributed by atoms with Crippen molar-refractivity contribution in [2.24, 2.45) is 0 Å². The molecule has 2 aromatic rings. The molecular formula is C14H20N4O. The molecule has 1 aliphatic rings. The topological polar surface area (TPSA) is 66.5 Å². The van der Waals surface area contributed by atoms with E-state index in [2.05, 4.69) is 22.0 Å². The second-order valence-corrected chi connectivity index (χ2v) is 5.37. The van der Waals surface area contributed by atoms with Gasteiger partial charge in [0.25, 0.3) is 0 Å². The number of nitrogens with one attached hydrogen (secondary N) is 1. The molecule has 1 aromatic heterocycles. The molecular weight excluding hydrogens is 240 g/mol. The maximum absolute atomic E-state index is 9.04. The van der Waals surface area contributed by atoms with Gasteiger partial charge in [0.15, 0.2) is 0 Å². The van der Waals surface area contributed by atoms with Crippen molar-refractivity contribution in [1.29, 1.82) is 0 Å². The highest BCUT2D eigenvalue weighted by molar-refractivity contribution is 5.93. The van der Waals surface area contributed by atoms with Gasteiger partial charge in [0.1, 0.15) is 0 Å². The van der Waals surface area contributed by atoms with Gasteiger partial charge in [-0.2, -0.15) is 0 Å². The third kappa shape index (κ3) is 2.15. The molecule has 5 heteroatoms. The number of likely N-dealkylation sites (tertiary alicyclic amines) is 1. The fourth-order valence-electron chi connectivity index (χ4n) is 2.92. The zero-order chi connectivity index (χ0) is 13.4. The van der Waals surface area contributed by atoms with Gasteiger partial charge in [-0.05, 0) is 51.2 Å². The maximum Gasteiger partial charge on any atom is 0.0623 e. The first-order chi connectivity index (χ1) is 9.19. The van der Waals surface area contributed by atoms with Crippen LogP contribution in [0.3, 0.4) is 0 Å². The second-order valence-electron chi connectivity index (χ2n) is 5.37. The summed E-state index contributed by atoms with van der Waals surface area (Å²) in [5.41, 5.74) is 10.9. The van der Waals surface area contributed by atoms with Crippen LogP contribution in [0.1, 0.15) is 18.9 Å². The summed E-state index contributed by atoms with van der Waals surface area (Å²) in [6.07, 6.45) is 4.30. The molecule has 0 aliphatic carbocycles. The van der Waals surface area contributed by atoms with Crippen LogP contribution in [-0.2, 0) is 0 Å². The largest absolute Gasteiger partial charge is 0.397 e. The molecule has 0 atom stereocenters. The lowest BCUT2D eigenvalue weighted by atomic mass is 10.1. The van der Waals surface area contributed by atoms with Crippen molar-refractivity contribution in [3.8, 4) is 0 Å². The van der Waals surface area contributed by atoms with Crippen LogP contribution in [0.15, 0.2) is 24.4 Å². The van der Waals surface area contributed by atoms with Crippen LogP contribution in [0, 0.1) is 0 Å². The van der Waals surface area contributed by atoms with E-state index in [4.69, 9.17) is 10.9 Å². The number of aromatic nitrogens is 1. The lowest BCUT2D eigenvalue weighted by molar-refractivity contribution is 0.224. The minimum absolute atomic E-state index is 0.491. The van der Waals surface area contributed by atoms with Gasteiger partial charge in [-0.25, -0.2) is 0 Å². The Morgan fingerprint density at radius 2 is 2.05 bits per heavy atom. The van der Waals surface area contributed by atoms with E-state index in [0.29, 0.717) is 11.7 Å². The third-order valence-electron chi connectivity index (χ3n) is 4.08. The van der Waals surface area contributed by atoms with Crippen molar-refractivity contribution in [3.05, 3.63) is 24.4 Å². The number of nitrogen functional groups attached to an aromatic ring is 1. The molecule has 1 aliphatic heterocycles. The number of benzene rings is 1. The minimum atomic E-state index is 0.491. The van der Waals surface area contributed by atoms with Gasteiger partial charge in [0.05, 0.1) is 16.9 Å². The SMILES string of the molecule is CN1CCC(n2cc(N)c3ccc(NO)cc32)CC1. The zero-order valence-electron chi connectivity index (χ0n) is 11.1. The monoisotopic (exact) mass is 260 g/mol. The summed E-state index contributed by atoms with van der Waals surface area (Å²) in [7, 11) is 2.16. The molecule has 0 radical (unpaired) electrons. The molecule has 0 saturated carbocycles. The summed E-state index contributed by atoms with van der Waals surface area (Å²) in [6.45, 7) is 2.23. The highest BCUT2D eigenvalue weighted by atomic mass is 16.5. The van der Waals surface area contributed by atoms with Crippen molar-refractivity contribution in [1.82, 2.24) is 9.47 Å². The summed E-state index contributed by atoms with van der Waals surface area (Å²) < 4.78 is 2.26. The van der Waals surface area contributed by atoms with Gasteiger partial charge in [0, 0.05) is 17.6 Å². The lowest BCUT2D eigenvalue weighted by Gasteiger charge is -2.30. The smallest absolute Gasteiger partial charge is 0.0623 e. The predicted molar refractivity (Wildman–Crippen MR) is 77.5 cm³/mol. The van der Waals surface area contributed by atoms with E-state index in [1.54, 1.807) is 0 Å². The Hall–Kier alpha value is -1.72. The number of nitrogens with zero attached hydrogens (tertiary/aromatic N) is 2. The average Bonchev–Trinajstić information content (AvgIpc) is 2.76. The lowest BCUT2D eigenvalue weighted by Crippen LogP contribution is -2.31. The van der Waals surface area contributed by atoms with E-state index in [0.717, 1.165) is 42.5 Å². The van der Waals surface area contributed by atoms with E-state index in [-0.39, 0.29) is 0 Å². The van der Waals surface area contributed by atoms with E-state index < -0.39 is 0 Å². The number of nitrogens with two attached hydrogens (primary N) is 1. The van der Waals surface area contributed by atoms with Crippen LogP contribution in [0.2, 0.25) is 0 Å². The third-order valence-corrected chi connectivity index (χ3v) is 4.08. The van der Waals surface area contributed by atoms with Crippen molar-refractivity contribution in [2.45, 2.75) is 18.9 Å². The first-order valence-electron chi connectivity index (χ1n) is 6.68. The molecule has 5 nitrogen and oxygen atoms in total. The Morgan fingerprint density at radius 1 is 1.32 bits per heavy atom. The minimum Gasteiger partial charge on any atom is -0.397 e. The van der Waals surface area contributed by atoms with E-state index in [1.807, 2.05) is 24.4 Å². The Morgan fingerprint density at radius 3 is 2.74 bits per heavy atom. The van der Waals surface area contributed by atoms with Crippen LogP contribution < -0.4 is 11.2 Å². The molecule has 4 N–H and O–H groups in total. The summed E-state index contributed by atoms with van der Waals surface area (Å²) in [6, 6.07) is 6.22. The molecule has 0 bridgehead atoms. The van der Waals surface area contributed by atoms with Crippen LogP contribution in [0.4, 0.5) is 11.4 Å². The predicted octanol–water partition coefficient (Wildman–Crippen LogP) is 2.29. The number of hydrogen-bond acceptors (Lipinski definition) is 4. The van der Waals surface area contributed by atoms with Crippen LogP contribution in [0.5, 0.6) is 0 Å². The van der Waals surface area contributed by atoms with Crippen LogP contribution in [0.25, 0.3) is 10.9 Å². The van der Waals surface area contributed by atoms with Gasteiger partial charge in [-0.15, -0.1) is 0 Å². The highest BCUT2D eigenvalue weighted by Gasteiger charge is 2.20. The Bertz CT molecular complexity index is 584. The Balaban J connectivity index is 2.02. The Labute approximate surface area is 112 Å². The standard InChI is InChI=1S/C14H20N4O/c1-17-6-4-11(5-7-17)18-9-13(15)12-3-2-10(16-19)8-14(12)18/h2-3,8-9,11,16,19H,4-7,15H2,1H3. The van der Waals surface area contributed by atoms with E-state index >= 15 is 0 Å². The number of rotatable bonds is 2. The van der Waals surface area contributed by atoms with Gasteiger partial charge in [-0.3, -0.25) is 10.7 Å². The van der Waals surface area contributed by atoms with Gasteiger partial charge in [-0.1, -0.05) is 0 Å². The molecule has 0 amide bonds. The molecule has 2 heterocycles. The molecule has 1 aromatic carbocycles. The first kappa shape index (κ1) is 12.3. The van der Waals surface area contributed by atoms with E-state index in [1.165, 1.54) is 0 Å². The quantitative estimate of drug-likeness (QED) is 0.725. The number of anilines is 2. The second kappa shape index (κ2) is 4.75. The number of hydrogen-bond donors (Lipinski definition) is 3. The molecule has 3 rings (SSSR count). The number of piperidine rings is 1. The fourth-order valence-corrected chi connectivity index (χ4v) is 2.92. The molecule has 19 heavy (non-hydrogen) atoms. The fraction of sp³-hybridized carbons (Fsp3) is 0.429. The summed E-state index contributed by atoms with van der Waals surface area (Å²) in [5, 5.41) is 10.1. The van der Waals surface area contributed by atoms with Crippen LogP contribution in [-0.4, -0.2) is 34.8 Å². The molecule has 1 saturated heterocycles. The molecule has 102 valence electrons. The molecule has 0 unspecified atom stereocenters. The molecule has 0 spiro atoms. The van der Waals surface area contributed by atoms with Gasteiger partial charge >= 0.3 is 0 Å². The van der Waals surface area contributed by atoms with Crippen molar-refractivity contribution in [3.63, 3.8) is 0 Å². The molecule has 1 fully saturated rings. The van der Waals surface area contributed by atoms with Crippen molar-refractivity contribution >= 4 is 22.3 Å². The van der Waals surface area contributed by atoms with Crippen molar-refractivity contribution < 1.29 is 5.21 Å². The van der Waals surface area contributed by atoms with E-state index in [9.17, 15) is 0 Å². The summed E-state index contributed by atoms with van der Waals surface area (Å²) in [5.74, 6) is 0. The number of fused-ring (bicyclic) bond motifs is 1. The first-order valence-corrected chi connectivity index (χ1v) is 6.68. The normalized spacial score (nSPS) is 18.0.